The molecule has 0 fully saturated rings. The van der Waals surface area contributed by atoms with E-state index in [4.69, 9.17) is 0 Å². The summed E-state index contributed by atoms with van der Waals surface area (Å²) in [7, 11) is 0. The number of amides is 1. The molecule has 6 heteroatoms. The first-order valence-electron chi connectivity index (χ1n) is 4.78. The second-order valence-corrected chi connectivity index (χ2v) is 4.18. The number of aromatic amines is 1. The minimum atomic E-state index is -0.313. The fraction of sp³-hybridized carbons (Fsp3) is 0. The maximum Gasteiger partial charge on any atom is 0.264 e. The Hall–Kier alpha value is -1.95. The van der Waals surface area contributed by atoms with Gasteiger partial charge in [-0.2, -0.15) is 5.10 Å². The first-order chi connectivity index (χ1) is 8.15. The highest BCUT2D eigenvalue weighted by Gasteiger charge is 2.06. The number of hydrogen-bond acceptors (Lipinski definition) is 3. The van der Waals surface area contributed by atoms with E-state index in [0.717, 1.165) is 4.47 Å². The summed E-state index contributed by atoms with van der Waals surface area (Å²) in [6.07, 6.45) is 0. The van der Waals surface area contributed by atoms with Gasteiger partial charge in [-0.1, -0.05) is 15.9 Å². The van der Waals surface area contributed by atoms with Crippen LogP contribution in [0.15, 0.2) is 45.7 Å². The molecule has 0 aliphatic carbocycles. The molecule has 86 valence electrons. The second-order valence-electron chi connectivity index (χ2n) is 3.27. The van der Waals surface area contributed by atoms with E-state index < -0.39 is 0 Å². The fourth-order valence-electron chi connectivity index (χ4n) is 1.20. The van der Waals surface area contributed by atoms with Crippen molar-refractivity contribution >= 4 is 27.7 Å². The highest BCUT2D eigenvalue weighted by molar-refractivity contribution is 9.10. The summed E-state index contributed by atoms with van der Waals surface area (Å²) in [5.41, 5.74) is 0.202. The van der Waals surface area contributed by atoms with Gasteiger partial charge < -0.3 is 5.32 Å². The normalized spacial score (nSPS) is 9.94. The zero-order chi connectivity index (χ0) is 12.3. The van der Waals surface area contributed by atoms with Crippen LogP contribution < -0.4 is 10.9 Å². The average Bonchev–Trinajstić information content (AvgIpc) is 2.33. The van der Waals surface area contributed by atoms with Crippen LogP contribution in [0.1, 0.15) is 10.4 Å². The van der Waals surface area contributed by atoms with Gasteiger partial charge in [0.15, 0.2) is 5.82 Å². The molecule has 5 nitrogen and oxygen atoms in total. The highest BCUT2D eigenvalue weighted by atomic mass is 79.9. The number of anilines is 1. The van der Waals surface area contributed by atoms with Crippen LogP contribution in [0.5, 0.6) is 0 Å². The van der Waals surface area contributed by atoms with E-state index in [1.807, 2.05) is 0 Å². The molecule has 0 unspecified atom stereocenters. The predicted octanol–water partition coefficient (Wildman–Crippen LogP) is 1.78. The third kappa shape index (κ3) is 3.01. The van der Waals surface area contributed by atoms with Gasteiger partial charge in [0, 0.05) is 16.1 Å². The molecule has 1 amide bonds. The van der Waals surface area contributed by atoms with Gasteiger partial charge in [-0.25, -0.2) is 5.10 Å². The van der Waals surface area contributed by atoms with E-state index in [9.17, 15) is 9.59 Å². The van der Waals surface area contributed by atoms with Gasteiger partial charge in [0.1, 0.15) is 0 Å². The number of carbonyl (C=O) groups excluding carboxylic acids is 1. The van der Waals surface area contributed by atoms with Crippen molar-refractivity contribution < 1.29 is 4.79 Å². The molecular weight excluding hydrogens is 286 g/mol. The lowest BCUT2D eigenvalue weighted by Gasteiger charge is -2.03. The smallest absolute Gasteiger partial charge is 0.264 e. The quantitative estimate of drug-likeness (QED) is 0.886. The van der Waals surface area contributed by atoms with E-state index in [1.165, 1.54) is 12.1 Å². The Morgan fingerprint density at radius 3 is 2.47 bits per heavy atom. The Kier molecular flexibility index (Phi) is 3.34. The molecule has 2 aromatic rings. The Labute approximate surface area is 105 Å². The van der Waals surface area contributed by atoms with Gasteiger partial charge in [-0.05, 0) is 30.3 Å². The standard InChI is InChI=1S/C11H8BrN3O2/c12-8-3-1-7(2-4-8)11(17)13-9-5-6-10(16)15-14-9/h1-6H,(H,15,16)(H,13,14,17). The highest BCUT2D eigenvalue weighted by Crippen LogP contribution is 2.11. The lowest BCUT2D eigenvalue weighted by Crippen LogP contribution is -2.15. The monoisotopic (exact) mass is 293 g/mol. The van der Waals surface area contributed by atoms with Crippen LogP contribution in [0.2, 0.25) is 0 Å². The molecule has 2 rings (SSSR count). The average molecular weight is 294 g/mol. The number of aromatic nitrogens is 2. The molecule has 1 aromatic carbocycles. The van der Waals surface area contributed by atoms with Crippen molar-refractivity contribution in [3.8, 4) is 0 Å². The van der Waals surface area contributed by atoms with Crippen LogP contribution in [0.3, 0.4) is 0 Å². The maximum absolute atomic E-state index is 11.8. The van der Waals surface area contributed by atoms with E-state index >= 15 is 0 Å². The molecule has 0 radical (unpaired) electrons. The summed E-state index contributed by atoms with van der Waals surface area (Å²) in [5.74, 6) is 0.0227. The zero-order valence-electron chi connectivity index (χ0n) is 8.61. The lowest BCUT2D eigenvalue weighted by molar-refractivity contribution is 0.102. The van der Waals surface area contributed by atoms with Gasteiger partial charge in [0.2, 0.25) is 0 Å². The minimum Gasteiger partial charge on any atom is -0.305 e. The van der Waals surface area contributed by atoms with Crippen molar-refractivity contribution in [1.82, 2.24) is 10.2 Å². The van der Waals surface area contributed by atoms with Crippen LogP contribution in [0.25, 0.3) is 0 Å². The molecule has 2 N–H and O–H groups in total. The fourth-order valence-corrected chi connectivity index (χ4v) is 1.47. The van der Waals surface area contributed by atoms with Crippen molar-refractivity contribution in [3.63, 3.8) is 0 Å². The molecule has 0 aliphatic heterocycles. The predicted molar refractivity (Wildman–Crippen MR) is 67.0 cm³/mol. The second kappa shape index (κ2) is 4.92. The number of nitrogens with zero attached hydrogens (tertiary/aromatic N) is 1. The topological polar surface area (TPSA) is 74.8 Å². The minimum absolute atomic E-state index is 0.281. The van der Waals surface area contributed by atoms with Crippen LogP contribution in [0.4, 0.5) is 5.82 Å². The van der Waals surface area contributed by atoms with Crippen LogP contribution in [0, 0.1) is 0 Å². The third-order valence-corrected chi connectivity index (χ3v) is 2.56. The first kappa shape index (κ1) is 11.5. The van der Waals surface area contributed by atoms with Gasteiger partial charge in [0.25, 0.3) is 11.5 Å². The maximum atomic E-state index is 11.8. The summed E-state index contributed by atoms with van der Waals surface area (Å²) in [6, 6.07) is 9.65. The van der Waals surface area contributed by atoms with Crippen LogP contribution >= 0.6 is 15.9 Å². The van der Waals surface area contributed by atoms with E-state index in [2.05, 4.69) is 31.4 Å². The number of carbonyl (C=O) groups is 1. The molecular formula is C11H8BrN3O2. The largest absolute Gasteiger partial charge is 0.305 e. The molecule has 1 aromatic heterocycles. The van der Waals surface area contributed by atoms with Crippen LogP contribution in [-0.2, 0) is 0 Å². The number of halogens is 1. The molecule has 0 bridgehead atoms. The summed E-state index contributed by atoms with van der Waals surface area (Å²) >= 11 is 3.29. The SMILES string of the molecule is O=C(Nc1ccc(=O)[nH]n1)c1ccc(Br)cc1. The van der Waals surface area contributed by atoms with E-state index in [0.29, 0.717) is 11.4 Å². The zero-order valence-corrected chi connectivity index (χ0v) is 10.2. The first-order valence-corrected chi connectivity index (χ1v) is 5.57. The summed E-state index contributed by atoms with van der Waals surface area (Å²) in [4.78, 5) is 22.5. The lowest BCUT2D eigenvalue weighted by atomic mass is 10.2. The summed E-state index contributed by atoms with van der Waals surface area (Å²) in [5, 5.41) is 8.49. The van der Waals surface area contributed by atoms with Gasteiger partial charge in [-0.3, -0.25) is 9.59 Å². The molecule has 1 heterocycles. The van der Waals surface area contributed by atoms with Crippen molar-refractivity contribution in [2.24, 2.45) is 0 Å². The summed E-state index contributed by atoms with van der Waals surface area (Å²) in [6.45, 7) is 0. The van der Waals surface area contributed by atoms with Crippen molar-refractivity contribution in [2.45, 2.75) is 0 Å². The number of rotatable bonds is 2. The van der Waals surface area contributed by atoms with Gasteiger partial charge in [0.05, 0.1) is 0 Å². The van der Waals surface area contributed by atoms with Crippen molar-refractivity contribution in [1.29, 1.82) is 0 Å². The number of H-pyrrole nitrogens is 1. The molecule has 0 aliphatic rings. The molecule has 17 heavy (non-hydrogen) atoms. The molecule has 0 saturated carbocycles. The Morgan fingerprint density at radius 2 is 1.88 bits per heavy atom. The van der Waals surface area contributed by atoms with Crippen LogP contribution in [-0.4, -0.2) is 16.1 Å². The Balaban J connectivity index is 2.14. The summed E-state index contributed by atoms with van der Waals surface area (Å²) < 4.78 is 0.899. The van der Waals surface area contributed by atoms with E-state index in [-0.39, 0.29) is 11.5 Å². The number of hydrogen-bond donors (Lipinski definition) is 2. The number of benzene rings is 1. The van der Waals surface area contributed by atoms with Crippen molar-refractivity contribution in [3.05, 3.63) is 56.8 Å². The van der Waals surface area contributed by atoms with Gasteiger partial charge >= 0.3 is 0 Å². The third-order valence-electron chi connectivity index (χ3n) is 2.03. The number of nitrogens with one attached hydrogen (secondary N) is 2. The Morgan fingerprint density at radius 1 is 1.18 bits per heavy atom. The van der Waals surface area contributed by atoms with E-state index in [1.54, 1.807) is 24.3 Å². The molecule has 0 spiro atoms. The Bertz CT molecular complexity index is 572. The van der Waals surface area contributed by atoms with Gasteiger partial charge in [-0.15, -0.1) is 0 Å². The molecule has 0 saturated heterocycles. The molecule has 0 atom stereocenters. The van der Waals surface area contributed by atoms with Crippen molar-refractivity contribution in [2.75, 3.05) is 5.32 Å².